The lowest BCUT2D eigenvalue weighted by Gasteiger charge is -2.39. The Morgan fingerprint density at radius 3 is 2.58 bits per heavy atom. The molecule has 1 aliphatic heterocycles. The third kappa shape index (κ3) is 5.13. The zero-order chi connectivity index (χ0) is 14.5. The molecule has 0 aromatic rings. The van der Waals surface area contributed by atoms with Gasteiger partial charge >= 0.3 is 0 Å². The van der Waals surface area contributed by atoms with E-state index in [4.69, 9.17) is 5.73 Å². The van der Waals surface area contributed by atoms with E-state index in [1.54, 1.807) is 0 Å². The standard InChI is InChI=1S/C16H32N2O/c1-5-8-14-9-6-7-10-18(14)15(19)13(12-17)11-16(2,3)4/h13-14H,5-12,17H2,1-4H3. The molecule has 1 rings (SSSR count). The number of hydrogen-bond acceptors (Lipinski definition) is 2. The summed E-state index contributed by atoms with van der Waals surface area (Å²) in [6.07, 6.45) is 6.77. The first kappa shape index (κ1) is 16.5. The van der Waals surface area contributed by atoms with E-state index < -0.39 is 0 Å². The normalized spacial score (nSPS) is 22.4. The van der Waals surface area contributed by atoms with Crippen molar-refractivity contribution >= 4 is 5.91 Å². The molecule has 0 saturated carbocycles. The number of piperidine rings is 1. The summed E-state index contributed by atoms with van der Waals surface area (Å²) in [6, 6.07) is 0.459. The van der Waals surface area contributed by atoms with Crippen molar-refractivity contribution in [2.75, 3.05) is 13.1 Å². The maximum Gasteiger partial charge on any atom is 0.227 e. The van der Waals surface area contributed by atoms with Gasteiger partial charge < -0.3 is 10.6 Å². The minimum Gasteiger partial charge on any atom is -0.339 e. The van der Waals surface area contributed by atoms with Gasteiger partial charge in [-0.1, -0.05) is 34.1 Å². The van der Waals surface area contributed by atoms with Gasteiger partial charge in [-0.25, -0.2) is 0 Å². The Kier molecular flexibility index (Phi) is 6.31. The van der Waals surface area contributed by atoms with Crippen molar-refractivity contribution in [2.45, 2.75) is 72.3 Å². The van der Waals surface area contributed by atoms with Crippen LogP contribution in [0.2, 0.25) is 0 Å². The average molecular weight is 268 g/mol. The molecule has 2 N–H and O–H groups in total. The average Bonchev–Trinajstić information content (AvgIpc) is 2.35. The van der Waals surface area contributed by atoms with Crippen molar-refractivity contribution in [3.8, 4) is 0 Å². The molecule has 1 aliphatic rings. The van der Waals surface area contributed by atoms with Crippen molar-refractivity contribution in [1.29, 1.82) is 0 Å². The molecular weight excluding hydrogens is 236 g/mol. The van der Waals surface area contributed by atoms with Crippen LogP contribution in [0.15, 0.2) is 0 Å². The third-order valence-electron chi connectivity index (χ3n) is 4.02. The summed E-state index contributed by atoms with van der Waals surface area (Å²) >= 11 is 0. The summed E-state index contributed by atoms with van der Waals surface area (Å²) in [5.41, 5.74) is 6.02. The van der Waals surface area contributed by atoms with Gasteiger partial charge in [-0.05, 0) is 37.5 Å². The van der Waals surface area contributed by atoms with Crippen LogP contribution in [0.25, 0.3) is 0 Å². The number of amides is 1. The van der Waals surface area contributed by atoms with E-state index in [1.807, 2.05) is 0 Å². The Labute approximate surface area is 118 Å². The number of nitrogens with zero attached hydrogens (tertiary/aromatic N) is 1. The molecule has 1 amide bonds. The summed E-state index contributed by atoms with van der Waals surface area (Å²) in [7, 11) is 0. The van der Waals surface area contributed by atoms with Gasteiger partial charge in [-0.3, -0.25) is 4.79 Å². The van der Waals surface area contributed by atoms with Crippen molar-refractivity contribution < 1.29 is 4.79 Å². The summed E-state index contributed by atoms with van der Waals surface area (Å²) < 4.78 is 0. The number of rotatable bonds is 5. The second-order valence-electron chi connectivity index (χ2n) is 7.17. The van der Waals surface area contributed by atoms with Gasteiger partial charge in [-0.2, -0.15) is 0 Å². The lowest BCUT2D eigenvalue weighted by molar-refractivity contribution is -0.140. The summed E-state index contributed by atoms with van der Waals surface area (Å²) in [4.78, 5) is 14.9. The maximum absolute atomic E-state index is 12.7. The Hall–Kier alpha value is -0.570. The summed E-state index contributed by atoms with van der Waals surface area (Å²) in [5, 5.41) is 0. The van der Waals surface area contributed by atoms with Crippen LogP contribution in [-0.4, -0.2) is 29.9 Å². The second kappa shape index (κ2) is 7.28. The highest BCUT2D eigenvalue weighted by Crippen LogP contribution is 2.28. The molecule has 1 heterocycles. The number of hydrogen-bond donors (Lipinski definition) is 1. The van der Waals surface area contributed by atoms with E-state index >= 15 is 0 Å². The van der Waals surface area contributed by atoms with Crippen LogP contribution in [0.1, 0.15) is 66.2 Å². The second-order valence-corrected chi connectivity index (χ2v) is 7.17. The Morgan fingerprint density at radius 1 is 1.37 bits per heavy atom. The SMILES string of the molecule is CCCC1CCCCN1C(=O)C(CN)CC(C)(C)C. The molecular formula is C16H32N2O. The van der Waals surface area contributed by atoms with Gasteiger partial charge in [0.1, 0.15) is 0 Å². The Bertz CT molecular complexity index is 281. The van der Waals surface area contributed by atoms with Gasteiger partial charge in [0.25, 0.3) is 0 Å². The maximum atomic E-state index is 12.7. The van der Waals surface area contributed by atoms with E-state index in [9.17, 15) is 4.79 Å². The highest BCUT2D eigenvalue weighted by atomic mass is 16.2. The molecule has 3 nitrogen and oxygen atoms in total. The monoisotopic (exact) mass is 268 g/mol. The van der Waals surface area contributed by atoms with Gasteiger partial charge in [-0.15, -0.1) is 0 Å². The highest BCUT2D eigenvalue weighted by Gasteiger charge is 2.32. The first-order chi connectivity index (χ1) is 8.89. The lowest BCUT2D eigenvalue weighted by Crippen LogP contribution is -2.48. The van der Waals surface area contributed by atoms with Gasteiger partial charge in [0.15, 0.2) is 0 Å². The molecule has 2 atom stereocenters. The van der Waals surface area contributed by atoms with E-state index in [1.165, 1.54) is 12.8 Å². The van der Waals surface area contributed by atoms with Gasteiger partial charge in [0.2, 0.25) is 5.91 Å². The topological polar surface area (TPSA) is 46.3 Å². The molecule has 1 saturated heterocycles. The van der Waals surface area contributed by atoms with Gasteiger partial charge in [0, 0.05) is 19.1 Å². The highest BCUT2D eigenvalue weighted by molar-refractivity contribution is 5.79. The first-order valence-electron chi connectivity index (χ1n) is 7.89. The fourth-order valence-corrected chi connectivity index (χ4v) is 3.17. The zero-order valence-electron chi connectivity index (χ0n) is 13.2. The number of carbonyl (C=O) groups is 1. The molecule has 0 bridgehead atoms. The molecule has 0 aliphatic carbocycles. The first-order valence-corrected chi connectivity index (χ1v) is 7.89. The Balaban J connectivity index is 2.70. The molecule has 19 heavy (non-hydrogen) atoms. The van der Waals surface area contributed by atoms with E-state index in [0.717, 1.165) is 32.2 Å². The molecule has 1 fully saturated rings. The van der Waals surface area contributed by atoms with Crippen LogP contribution >= 0.6 is 0 Å². The molecule has 0 spiro atoms. The summed E-state index contributed by atoms with van der Waals surface area (Å²) in [5.74, 6) is 0.299. The number of nitrogens with two attached hydrogens (primary N) is 1. The van der Waals surface area contributed by atoms with Crippen molar-refractivity contribution in [2.24, 2.45) is 17.1 Å². The molecule has 112 valence electrons. The predicted octanol–water partition coefficient (Wildman–Crippen LogP) is 3.18. The minimum atomic E-state index is -0.00236. The molecule has 0 aromatic heterocycles. The van der Waals surface area contributed by atoms with Crippen LogP contribution in [0, 0.1) is 11.3 Å². The van der Waals surface area contributed by atoms with Crippen LogP contribution in [0.3, 0.4) is 0 Å². The number of carbonyl (C=O) groups excluding carboxylic acids is 1. The third-order valence-corrected chi connectivity index (χ3v) is 4.02. The predicted molar refractivity (Wildman–Crippen MR) is 80.9 cm³/mol. The van der Waals surface area contributed by atoms with Crippen LogP contribution in [0.4, 0.5) is 0 Å². The molecule has 0 radical (unpaired) electrons. The van der Waals surface area contributed by atoms with Crippen LogP contribution in [-0.2, 0) is 4.79 Å². The molecule has 2 unspecified atom stereocenters. The van der Waals surface area contributed by atoms with Crippen molar-refractivity contribution in [3.63, 3.8) is 0 Å². The number of likely N-dealkylation sites (tertiary alicyclic amines) is 1. The smallest absolute Gasteiger partial charge is 0.227 e. The van der Waals surface area contributed by atoms with Gasteiger partial charge in [0.05, 0.1) is 5.92 Å². The van der Waals surface area contributed by atoms with E-state index in [-0.39, 0.29) is 11.3 Å². The van der Waals surface area contributed by atoms with E-state index in [2.05, 4.69) is 32.6 Å². The minimum absolute atomic E-state index is 0.00236. The Morgan fingerprint density at radius 2 is 2.05 bits per heavy atom. The fourth-order valence-electron chi connectivity index (χ4n) is 3.17. The molecule has 0 aromatic carbocycles. The zero-order valence-corrected chi connectivity index (χ0v) is 13.2. The van der Waals surface area contributed by atoms with Crippen molar-refractivity contribution in [3.05, 3.63) is 0 Å². The van der Waals surface area contributed by atoms with Crippen molar-refractivity contribution in [1.82, 2.24) is 4.90 Å². The fraction of sp³-hybridized carbons (Fsp3) is 0.938. The van der Waals surface area contributed by atoms with E-state index in [0.29, 0.717) is 18.5 Å². The molecule has 3 heteroatoms. The van der Waals surface area contributed by atoms with Crippen LogP contribution in [0.5, 0.6) is 0 Å². The van der Waals surface area contributed by atoms with Crippen LogP contribution < -0.4 is 5.73 Å². The lowest BCUT2D eigenvalue weighted by atomic mass is 9.83. The summed E-state index contributed by atoms with van der Waals surface area (Å²) in [6.45, 7) is 10.2. The quantitative estimate of drug-likeness (QED) is 0.832. The largest absolute Gasteiger partial charge is 0.339 e.